The summed E-state index contributed by atoms with van der Waals surface area (Å²) in [6.45, 7) is 6.53. The van der Waals surface area contributed by atoms with Gasteiger partial charge in [0, 0.05) is 30.8 Å². The molecule has 0 saturated carbocycles. The maximum absolute atomic E-state index is 13.5. The summed E-state index contributed by atoms with van der Waals surface area (Å²) >= 11 is 0. The molecule has 2 aromatic heterocycles. The van der Waals surface area contributed by atoms with E-state index in [0.29, 0.717) is 13.2 Å². The molecular formula is C26H31FN6O2+. The molecule has 183 valence electrons. The average molecular weight is 479 g/mol. The van der Waals surface area contributed by atoms with E-state index in [2.05, 4.69) is 40.3 Å². The topological polar surface area (TPSA) is 66.6 Å². The predicted molar refractivity (Wildman–Crippen MR) is 132 cm³/mol. The summed E-state index contributed by atoms with van der Waals surface area (Å²) in [7, 11) is 1.96. The lowest BCUT2D eigenvalue weighted by atomic mass is 9.75. The van der Waals surface area contributed by atoms with Crippen molar-refractivity contribution in [3.05, 3.63) is 76.1 Å². The van der Waals surface area contributed by atoms with E-state index in [9.17, 15) is 4.79 Å². The van der Waals surface area contributed by atoms with E-state index >= 15 is 0 Å². The standard InChI is InChI=1S/C26H30N6O2.FH/c1-19-10-20(13-30-8-3-4-9-30)14-32-23(19)15-31(25(32)33)22-7-5-6-21(11-22)26(16-34-17-26)12-24-28-27-18-29(24)2;/h5-7,10-11,14-15,18H,3-4,8-9,12-13,16-17H2,1-2H3;1H/q+1;. The lowest BCUT2D eigenvalue weighted by Crippen LogP contribution is -2.48. The first-order chi connectivity index (χ1) is 16.5. The van der Waals surface area contributed by atoms with Gasteiger partial charge in [0.05, 0.1) is 36.6 Å². The third-order valence-electron chi connectivity index (χ3n) is 7.42. The minimum Gasteiger partial charge on any atom is -0.379 e. The molecule has 0 atom stereocenters. The Bertz CT molecular complexity index is 1360. The Morgan fingerprint density at radius 2 is 1.94 bits per heavy atom. The molecule has 5 heterocycles. The first kappa shape index (κ1) is 23.6. The number of benzene rings is 1. The number of ether oxygens (including phenoxy) is 1. The summed E-state index contributed by atoms with van der Waals surface area (Å²) in [4.78, 5) is 15.9. The zero-order valence-electron chi connectivity index (χ0n) is 20.2. The van der Waals surface area contributed by atoms with Crippen LogP contribution in [-0.4, -0.2) is 58.1 Å². The first-order valence-electron chi connectivity index (χ1n) is 12.0. The van der Waals surface area contributed by atoms with Crippen molar-refractivity contribution in [3.63, 3.8) is 0 Å². The van der Waals surface area contributed by atoms with Gasteiger partial charge in [0.1, 0.15) is 0 Å². The average Bonchev–Trinajstić information content (AvgIpc) is 3.53. The molecule has 2 saturated heterocycles. The number of hydrogen-bond acceptors (Lipinski definition) is 5. The number of hydrogen-bond donors (Lipinski definition) is 0. The van der Waals surface area contributed by atoms with Crippen LogP contribution in [0.25, 0.3) is 11.2 Å². The van der Waals surface area contributed by atoms with Crippen molar-refractivity contribution in [2.24, 2.45) is 10.2 Å². The smallest absolute Gasteiger partial charge is 0.337 e. The fraction of sp³-hybridized carbons (Fsp3) is 0.423. The van der Waals surface area contributed by atoms with Crippen molar-refractivity contribution in [1.82, 2.24) is 13.9 Å². The summed E-state index contributed by atoms with van der Waals surface area (Å²) < 4.78 is 11.2. The second-order valence-corrected chi connectivity index (χ2v) is 9.91. The maximum atomic E-state index is 13.5. The Labute approximate surface area is 203 Å². The molecule has 0 aliphatic carbocycles. The van der Waals surface area contributed by atoms with E-state index in [-0.39, 0.29) is 15.8 Å². The van der Waals surface area contributed by atoms with Gasteiger partial charge in [0.25, 0.3) is 0 Å². The van der Waals surface area contributed by atoms with E-state index in [1.807, 2.05) is 36.1 Å². The molecule has 3 aliphatic heterocycles. The lowest BCUT2D eigenvalue weighted by Gasteiger charge is -2.42. The molecule has 2 fully saturated rings. The Morgan fingerprint density at radius 3 is 2.63 bits per heavy atom. The second kappa shape index (κ2) is 9.13. The number of aromatic nitrogens is 2. The molecule has 8 nitrogen and oxygen atoms in total. The van der Waals surface area contributed by atoms with Crippen LogP contribution in [0, 0.1) is 13.1 Å². The Morgan fingerprint density at radius 1 is 1.14 bits per heavy atom. The highest BCUT2D eigenvalue weighted by Crippen LogP contribution is 2.40. The number of likely N-dealkylation sites (tertiary alicyclic amines) is 1. The summed E-state index contributed by atoms with van der Waals surface area (Å²) in [6.07, 6.45) is 9.90. The van der Waals surface area contributed by atoms with Crippen molar-refractivity contribution < 1.29 is 14.0 Å². The minimum atomic E-state index is -0.154. The van der Waals surface area contributed by atoms with Crippen LogP contribution in [0.1, 0.15) is 36.0 Å². The number of aryl methyl sites for hydroxylation is 1. The fourth-order valence-electron chi connectivity index (χ4n) is 5.38. The van der Waals surface area contributed by atoms with Crippen LogP contribution in [0.2, 0.25) is 0 Å². The molecular weight excluding hydrogens is 447 g/mol. The molecule has 3 aliphatic rings. The van der Waals surface area contributed by atoms with Gasteiger partial charge in [-0.3, -0.25) is 18.6 Å². The Kier molecular flexibility index (Phi) is 6.14. The number of rotatable bonds is 6. The molecule has 0 N–H and O–H groups in total. The predicted octanol–water partition coefficient (Wildman–Crippen LogP) is 3.43. The molecule has 0 bridgehead atoms. The molecule has 1 aromatic carbocycles. The van der Waals surface area contributed by atoms with Gasteiger partial charge in [-0.15, -0.1) is 0 Å². The number of imidazole rings is 1. The molecule has 1 radical (unpaired) electrons. The highest BCUT2D eigenvalue weighted by atomic mass is 19.0. The van der Waals surface area contributed by atoms with Crippen LogP contribution in [0.15, 0.2) is 57.7 Å². The SMILES string of the molecule is Cc1cc(CN2CCCC2)cn2c(=O)n(-c3cccc(C4(C[C]5N=NC=[N+]5C)COC4)c3)cc12.F. The van der Waals surface area contributed by atoms with Crippen LogP contribution in [0.4, 0.5) is 4.70 Å². The van der Waals surface area contributed by atoms with Gasteiger partial charge in [-0.2, -0.15) is 0 Å². The van der Waals surface area contributed by atoms with Gasteiger partial charge in [0.2, 0.25) is 0 Å². The number of nitrogens with zero attached hydrogens (tertiary/aromatic N) is 6. The van der Waals surface area contributed by atoms with Crippen LogP contribution in [-0.2, 0) is 16.7 Å². The van der Waals surface area contributed by atoms with Gasteiger partial charge < -0.3 is 4.74 Å². The zero-order chi connectivity index (χ0) is 23.3. The van der Waals surface area contributed by atoms with Gasteiger partial charge >= 0.3 is 18.2 Å². The largest absolute Gasteiger partial charge is 0.379 e. The number of halogens is 1. The van der Waals surface area contributed by atoms with Crippen molar-refractivity contribution in [2.75, 3.05) is 33.4 Å². The van der Waals surface area contributed by atoms with E-state index in [1.165, 1.54) is 18.4 Å². The maximum Gasteiger partial charge on any atom is 0.337 e. The zero-order valence-corrected chi connectivity index (χ0v) is 20.2. The van der Waals surface area contributed by atoms with Gasteiger partial charge in [0.15, 0.2) is 0 Å². The van der Waals surface area contributed by atoms with Gasteiger partial charge in [-0.05, 0) is 66.8 Å². The monoisotopic (exact) mass is 478 g/mol. The Balaban J connectivity index is 0.00000253. The number of pyridine rings is 1. The van der Waals surface area contributed by atoms with Crippen molar-refractivity contribution >= 4 is 11.9 Å². The van der Waals surface area contributed by atoms with Crippen LogP contribution in [0.5, 0.6) is 0 Å². The molecule has 3 aromatic rings. The molecule has 0 spiro atoms. The van der Waals surface area contributed by atoms with Crippen LogP contribution in [0.3, 0.4) is 0 Å². The van der Waals surface area contributed by atoms with Crippen molar-refractivity contribution in [3.8, 4) is 5.69 Å². The van der Waals surface area contributed by atoms with Gasteiger partial charge in [-0.25, -0.2) is 9.37 Å². The highest BCUT2D eigenvalue weighted by Gasteiger charge is 2.46. The summed E-state index contributed by atoms with van der Waals surface area (Å²) in [6, 6.07) is 10.5. The lowest BCUT2D eigenvalue weighted by molar-refractivity contribution is -0.478. The normalized spacial score (nSPS) is 19.7. The summed E-state index contributed by atoms with van der Waals surface area (Å²) in [5.74, 6) is 0. The van der Waals surface area contributed by atoms with Crippen LogP contribution < -0.4 is 5.69 Å². The molecule has 0 amide bonds. The summed E-state index contributed by atoms with van der Waals surface area (Å²) in [5, 5.41) is 8.31. The molecule has 9 heteroatoms. The number of azo groups is 1. The molecule has 6 rings (SSSR count). The third-order valence-corrected chi connectivity index (χ3v) is 7.42. The molecule has 0 unspecified atom stereocenters. The minimum absolute atomic E-state index is 0. The van der Waals surface area contributed by atoms with Crippen LogP contribution >= 0.6 is 0 Å². The number of fused-ring (bicyclic) bond motifs is 1. The highest BCUT2D eigenvalue weighted by molar-refractivity contribution is 5.56. The van der Waals surface area contributed by atoms with E-state index in [4.69, 9.17) is 4.74 Å². The first-order valence-corrected chi connectivity index (χ1v) is 12.0. The third kappa shape index (κ3) is 4.12. The van der Waals surface area contributed by atoms with E-state index in [0.717, 1.165) is 54.6 Å². The second-order valence-electron chi connectivity index (χ2n) is 9.91. The Hall–Kier alpha value is -3.17. The fourth-order valence-corrected chi connectivity index (χ4v) is 5.38. The van der Waals surface area contributed by atoms with Crippen molar-refractivity contribution in [1.29, 1.82) is 0 Å². The van der Waals surface area contributed by atoms with E-state index in [1.54, 1.807) is 15.3 Å². The van der Waals surface area contributed by atoms with E-state index < -0.39 is 0 Å². The van der Waals surface area contributed by atoms with Gasteiger partial charge in [-0.1, -0.05) is 18.2 Å². The van der Waals surface area contributed by atoms with Crippen molar-refractivity contribution in [2.45, 2.75) is 38.1 Å². The quantitative estimate of drug-likeness (QED) is 0.510. The molecule has 35 heavy (non-hydrogen) atoms. The summed E-state index contributed by atoms with van der Waals surface area (Å²) in [5.41, 5.74) is 5.10.